The van der Waals surface area contributed by atoms with Crippen LogP contribution in [0.15, 0.2) is 6.20 Å². The van der Waals surface area contributed by atoms with Crippen molar-refractivity contribution in [1.82, 2.24) is 24.3 Å². The van der Waals surface area contributed by atoms with Crippen LogP contribution in [0.5, 0.6) is 0 Å². The molecule has 1 fully saturated rings. The van der Waals surface area contributed by atoms with Gasteiger partial charge in [-0.3, -0.25) is 0 Å². The molecule has 1 N–H and O–H groups in total. The van der Waals surface area contributed by atoms with E-state index < -0.39 is 17.6 Å². The van der Waals surface area contributed by atoms with Crippen molar-refractivity contribution < 1.29 is 18.3 Å². The smallest absolute Gasteiger partial charge is 0.374 e. The van der Waals surface area contributed by atoms with Gasteiger partial charge in [-0.2, -0.15) is 13.2 Å². The zero-order valence-electron chi connectivity index (χ0n) is 13.6. The molecule has 2 atom stereocenters. The van der Waals surface area contributed by atoms with Gasteiger partial charge in [0.2, 0.25) is 5.60 Å². The van der Waals surface area contributed by atoms with E-state index in [4.69, 9.17) is 0 Å². The maximum atomic E-state index is 13.2. The maximum Gasteiger partial charge on any atom is 0.424 e. The fraction of sp³-hybridized carbons (Fsp3) is 0.667. The van der Waals surface area contributed by atoms with Gasteiger partial charge in [0.15, 0.2) is 11.6 Å². The highest BCUT2D eigenvalue weighted by molar-refractivity contribution is 5.53. The molecular weight excluding hydrogens is 323 g/mol. The summed E-state index contributed by atoms with van der Waals surface area (Å²) < 4.78 is 43.1. The minimum absolute atomic E-state index is 0.00739. The number of rotatable bonds is 2. The Labute approximate surface area is 136 Å². The second-order valence-corrected chi connectivity index (χ2v) is 7.27. The van der Waals surface area contributed by atoms with E-state index in [0.29, 0.717) is 18.1 Å². The van der Waals surface area contributed by atoms with Crippen molar-refractivity contribution in [3.63, 3.8) is 0 Å². The molecule has 3 heterocycles. The van der Waals surface area contributed by atoms with Crippen LogP contribution in [0.1, 0.15) is 51.3 Å². The lowest BCUT2D eigenvalue weighted by molar-refractivity contribution is -0.262. The van der Waals surface area contributed by atoms with Gasteiger partial charge in [0, 0.05) is 12.0 Å². The molecule has 0 aromatic carbocycles. The minimum atomic E-state index is -4.81. The average Bonchev–Trinajstić information content (AvgIpc) is 2.90. The van der Waals surface area contributed by atoms with Gasteiger partial charge >= 0.3 is 6.18 Å². The van der Waals surface area contributed by atoms with Crippen LogP contribution in [0.25, 0.3) is 11.5 Å². The van der Waals surface area contributed by atoms with Crippen LogP contribution < -0.4 is 0 Å². The number of fused-ring (bicyclic) bond motifs is 3. The van der Waals surface area contributed by atoms with Crippen molar-refractivity contribution in [2.24, 2.45) is 0 Å². The van der Waals surface area contributed by atoms with Crippen molar-refractivity contribution in [1.29, 1.82) is 0 Å². The Morgan fingerprint density at radius 2 is 1.96 bits per heavy atom. The average molecular weight is 341 g/mol. The number of alkyl halides is 3. The van der Waals surface area contributed by atoms with E-state index in [9.17, 15) is 18.3 Å². The van der Waals surface area contributed by atoms with Crippen molar-refractivity contribution in [2.75, 3.05) is 0 Å². The summed E-state index contributed by atoms with van der Waals surface area (Å²) in [5.74, 6) is 0.972. The van der Waals surface area contributed by atoms with Crippen LogP contribution in [0, 0.1) is 0 Å². The number of imidazole rings is 1. The van der Waals surface area contributed by atoms with Crippen molar-refractivity contribution >= 4 is 0 Å². The highest BCUT2D eigenvalue weighted by Crippen LogP contribution is 2.49. The molecule has 1 aliphatic heterocycles. The third kappa shape index (κ3) is 1.90. The molecule has 130 valence electrons. The van der Waals surface area contributed by atoms with Crippen LogP contribution in [0.2, 0.25) is 0 Å². The van der Waals surface area contributed by atoms with Gasteiger partial charge in [0.1, 0.15) is 11.5 Å². The third-order valence-corrected chi connectivity index (χ3v) is 5.19. The maximum absolute atomic E-state index is 13.2. The Morgan fingerprint density at radius 1 is 1.29 bits per heavy atom. The Hall–Kier alpha value is -1.90. The van der Waals surface area contributed by atoms with E-state index in [2.05, 4.69) is 22.1 Å². The zero-order chi connectivity index (χ0) is 17.5. The number of halogens is 3. The van der Waals surface area contributed by atoms with Gasteiger partial charge in [-0.1, -0.05) is 6.92 Å². The zero-order valence-corrected chi connectivity index (χ0v) is 13.6. The summed E-state index contributed by atoms with van der Waals surface area (Å²) in [5, 5.41) is 18.5. The van der Waals surface area contributed by atoms with Crippen LogP contribution in [-0.2, 0) is 17.6 Å². The second kappa shape index (κ2) is 4.38. The molecule has 0 amide bonds. The summed E-state index contributed by atoms with van der Waals surface area (Å²) in [7, 11) is 0. The standard InChI is InChI=1S/C15H18F3N5O/c1-8-7-22-10(20-21-11(22)13(2)4-5-13)9-6-19-12(23(8)9)14(3,24)15(16,17)18/h6,8,24H,4-5,7H2,1-3H3/t8-,14+/m0/s1. The third-order valence-electron chi connectivity index (χ3n) is 5.19. The fourth-order valence-electron chi connectivity index (χ4n) is 3.33. The highest BCUT2D eigenvalue weighted by Gasteiger charge is 2.55. The van der Waals surface area contributed by atoms with Crippen LogP contribution in [0.4, 0.5) is 13.2 Å². The van der Waals surface area contributed by atoms with Crippen molar-refractivity contribution in [3.8, 4) is 11.5 Å². The topological polar surface area (TPSA) is 68.8 Å². The normalized spacial score (nSPS) is 24.2. The van der Waals surface area contributed by atoms with Gasteiger partial charge in [-0.05, 0) is 26.7 Å². The van der Waals surface area contributed by atoms with E-state index in [-0.39, 0.29) is 11.5 Å². The van der Waals surface area contributed by atoms with Crippen LogP contribution >= 0.6 is 0 Å². The Kier molecular flexibility index (Phi) is 2.85. The predicted octanol–water partition coefficient (Wildman–Crippen LogP) is 2.54. The molecule has 4 rings (SSSR count). The van der Waals surface area contributed by atoms with Gasteiger partial charge in [0.05, 0.1) is 12.2 Å². The number of aromatic nitrogens is 5. The molecule has 0 unspecified atom stereocenters. The molecule has 0 spiro atoms. The summed E-state index contributed by atoms with van der Waals surface area (Å²) in [6.45, 7) is 5.10. The summed E-state index contributed by atoms with van der Waals surface area (Å²) in [4.78, 5) is 3.88. The van der Waals surface area contributed by atoms with Gasteiger partial charge in [-0.15, -0.1) is 10.2 Å². The first-order valence-electron chi connectivity index (χ1n) is 7.87. The molecule has 2 aliphatic rings. The van der Waals surface area contributed by atoms with Crippen molar-refractivity contribution in [2.45, 2.75) is 63.4 Å². The van der Waals surface area contributed by atoms with E-state index in [1.165, 1.54) is 10.8 Å². The molecule has 0 bridgehead atoms. The largest absolute Gasteiger partial charge is 0.424 e. The Bertz CT molecular complexity index is 816. The van der Waals surface area contributed by atoms with Crippen LogP contribution in [-0.4, -0.2) is 35.6 Å². The van der Waals surface area contributed by atoms with Crippen LogP contribution in [0.3, 0.4) is 0 Å². The molecule has 0 radical (unpaired) electrons. The molecule has 2 aromatic heterocycles. The van der Waals surface area contributed by atoms with E-state index in [0.717, 1.165) is 25.6 Å². The molecule has 0 saturated heterocycles. The minimum Gasteiger partial charge on any atom is -0.374 e. The Balaban J connectivity index is 1.87. The monoisotopic (exact) mass is 341 g/mol. The summed E-state index contributed by atoms with van der Waals surface area (Å²) in [6.07, 6.45) is -1.41. The number of hydrogen-bond acceptors (Lipinski definition) is 4. The lowest BCUT2D eigenvalue weighted by Crippen LogP contribution is -2.42. The lowest BCUT2D eigenvalue weighted by Gasteiger charge is -2.32. The first kappa shape index (κ1) is 15.6. The van der Waals surface area contributed by atoms with Crippen molar-refractivity contribution in [3.05, 3.63) is 17.8 Å². The number of aliphatic hydroxyl groups is 1. The molecule has 24 heavy (non-hydrogen) atoms. The first-order chi connectivity index (χ1) is 11.1. The van der Waals surface area contributed by atoms with E-state index in [1.807, 2.05) is 11.5 Å². The van der Waals surface area contributed by atoms with Gasteiger partial charge in [0.25, 0.3) is 0 Å². The first-order valence-corrected chi connectivity index (χ1v) is 7.87. The molecule has 1 saturated carbocycles. The summed E-state index contributed by atoms with van der Waals surface area (Å²) >= 11 is 0. The molecule has 1 aliphatic carbocycles. The summed E-state index contributed by atoms with van der Waals surface area (Å²) in [6, 6.07) is -0.295. The number of hydrogen-bond donors (Lipinski definition) is 1. The SMILES string of the molecule is C[C@H]1Cn2c(nnc2C2(C)CC2)-c2cnc([C@@](C)(O)C(F)(F)F)n21. The lowest BCUT2D eigenvalue weighted by atomic mass is 10.0. The Morgan fingerprint density at radius 3 is 2.54 bits per heavy atom. The van der Waals surface area contributed by atoms with Gasteiger partial charge in [-0.25, -0.2) is 4.98 Å². The molecule has 9 heteroatoms. The van der Waals surface area contributed by atoms with E-state index in [1.54, 1.807) is 0 Å². The predicted molar refractivity (Wildman–Crippen MR) is 78.2 cm³/mol. The number of nitrogens with zero attached hydrogens (tertiary/aromatic N) is 5. The fourth-order valence-corrected chi connectivity index (χ4v) is 3.33. The van der Waals surface area contributed by atoms with E-state index >= 15 is 0 Å². The molecule has 2 aromatic rings. The quantitative estimate of drug-likeness (QED) is 0.911. The van der Waals surface area contributed by atoms with Gasteiger partial charge < -0.3 is 14.2 Å². The molecular formula is C15H18F3N5O. The summed E-state index contributed by atoms with van der Waals surface area (Å²) in [5.41, 5.74) is -2.56. The second-order valence-electron chi connectivity index (χ2n) is 7.27. The molecule has 6 nitrogen and oxygen atoms in total. The highest BCUT2D eigenvalue weighted by atomic mass is 19.4.